The van der Waals surface area contributed by atoms with Crippen molar-refractivity contribution in [3.05, 3.63) is 0 Å². The number of carbonyl (C=O) groups is 1. The second-order valence-corrected chi connectivity index (χ2v) is 3.96. The Morgan fingerprint density at radius 3 is 2.77 bits per heavy atom. The lowest BCUT2D eigenvalue weighted by atomic mass is 10.1. The Morgan fingerprint density at radius 1 is 1.46 bits per heavy atom. The van der Waals surface area contributed by atoms with Gasteiger partial charge in [0.2, 0.25) is 5.91 Å². The quantitative estimate of drug-likeness (QED) is 0.681. The first-order chi connectivity index (χ1) is 6.22. The Hall–Kier alpha value is -0.570. The Balaban J connectivity index is 2.13. The van der Waals surface area contributed by atoms with Gasteiger partial charge in [0.05, 0.1) is 6.54 Å². The molecule has 0 saturated heterocycles. The van der Waals surface area contributed by atoms with Crippen molar-refractivity contribution in [3.8, 4) is 0 Å². The molecule has 2 unspecified atom stereocenters. The minimum absolute atomic E-state index is 0.140. The smallest absolute Gasteiger partial charge is 0.234 e. The summed E-state index contributed by atoms with van der Waals surface area (Å²) in [6.45, 7) is 5.57. The van der Waals surface area contributed by atoms with E-state index in [1.807, 2.05) is 6.92 Å². The largest absolute Gasteiger partial charge is 0.352 e. The van der Waals surface area contributed by atoms with Gasteiger partial charge in [0, 0.05) is 6.04 Å². The fourth-order valence-corrected chi connectivity index (χ4v) is 1.86. The fraction of sp³-hybridized carbons (Fsp3) is 0.900. The number of amides is 1. The molecule has 0 aliphatic heterocycles. The van der Waals surface area contributed by atoms with Crippen LogP contribution >= 0.6 is 0 Å². The van der Waals surface area contributed by atoms with Crippen LogP contribution in [-0.2, 0) is 4.79 Å². The van der Waals surface area contributed by atoms with Crippen molar-refractivity contribution in [2.75, 3.05) is 13.1 Å². The van der Waals surface area contributed by atoms with E-state index in [2.05, 4.69) is 17.6 Å². The fourth-order valence-electron chi connectivity index (χ4n) is 1.86. The van der Waals surface area contributed by atoms with Gasteiger partial charge in [-0.05, 0) is 31.7 Å². The minimum Gasteiger partial charge on any atom is -0.352 e. The summed E-state index contributed by atoms with van der Waals surface area (Å²) in [4.78, 5) is 11.3. The molecule has 1 rings (SSSR count). The first kappa shape index (κ1) is 10.5. The first-order valence-electron chi connectivity index (χ1n) is 5.22. The molecule has 0 bridgehead atoms. The normalized spacial score (nSPS) is 27.5. The maximum atomic E-state index is 11.3. The highest BCUT2D eigenvalue weighted by Gasteiger charge is 2.22. The summed E-state index contributed by atoms with van der Waals surface area (Å²) in [5.74, 6) is 0.922. The van der Waals surface area contributed by atoms with Gasteiger partial charge in [-0.1, -0.05) is 13.8 Å². The number of hydrogen-bond donors (Lipinski definition) is 2. The van der Waals surface area contributed by atoms with Crippen molar-refractivity contribution >= 4 is 5.91 Å². The van der Waals surface area contributed by atoms with Gasteiger partial charge in [0.25, 0.3) is 0 Å². The Morgan fingerprint density at radius 2 is 2.23 bits per heavy atom. The third-order valence-electron chi connectivity index (χ3n) is 2.60. The molecule has 13 heavy (non-hydrogen) atoms. The predicted octanol–water partition coefficient (Wildman–Crippen LogP) is 0.901. The summed E-state index contributed by atoms with van der Waals surface area (Å²) in [6, 6.07) is 0.432. The highest BCUT2D eigenvalue weighted by Crippen LogP contribution is 2.24. The second kappa shape index (κ2) is 5.22. The highest BCUT2D eigenvalue weighted by atomic mass is 16.1. The van der Waals surface area contributed by atoms with Gasteiger partial charge in [-0.15, -0.1) is 0 Å². The molecule has 0 aromatic rings. The van der Waals surface area contributed by atoms with Crippen molar-refractivity contribution in [3.63, 3.8) is 0 Å². The predicted molar refractivity (Wildman–Crippen MR) is 53.5 cm³/mol. The molecule has 1 amide bonds. The van der Waals surface area contributed by atoms with Gasteiger partial charge in [-0.3, -0.25) is 4.79 Å². The summed E-state index contributed by atoms with van der Waals surface area (Å²) >= 11 is 0. The van der Waals surface area contributed by atoms with Crippen LogP contribution in [0.4, 0.5) is 0 Å². The number of hydrogen-bond acceptors (Lipinski definition) is 2. The molecule has 2 atom stereocenters. The molecule has 3 heteroatoms. The maximum absolute atomic E-state index is 11.3. The van der Waals surface area contributed by atoms with Crippen molar-refractivity contribution in [2.24, 2.45) is 5.92 Å². The maximum Gasteiger partial charge on any atom is 0.234 e. The Bertz CT molecular complexity index is 170. The summed E-state index contributed by atoms with van der Waals surface area (Å²) < 4.78 is 0. The van der Waals surface area contributed by atoms with E-state index in [0.717, 1.165) is 25.3 Å². The van der Waals surface area contributed by atoms with Crippen LogP contribution in [0.1, 0.15) is 33.1 Å². The second-order valence-electron chi connectivity index (χ2n) is 3.96. The van der Waals surface area contributed by atoms with E-state index < -0.39 is 0 Å². The minimum atomic E-state index is 0.140. The third kappa shape index (κ3) is 3.77. The lowest BCUT2D eigenvalue weighted by Gasteiger charge is -2.12. The molecule has 2 N–H and O–H groups in total. The first-order valence-corrected chi connectivity index (χ1v) is 5.22. The van der Waals surface area contributed by atoms with Crippen LogP contribution < -0.4 is 10.6 Å². The average molecular weight is 184 g/mol. The number of likely N-dealkylation sites (N-methyl/N-ethyl adjacent to an activating group) is 1. The van der Waals surface area contributed by atoms with Crippen LogP contribution in [0.2, 0.25) is 0 Å². The molecule has 0 aromatic heterocycles. The van der Waals surface area contributed by atoms with Crippen molar-refractivity contribution in [1.82, 2.24) is 10.6 Å². The van der Waals surface area contributed by atoms with Crippen LogP contribution in [0.15, 0.2) is 0 Å². The van der Waals surface area contributed by atoms with Crippen LogP contribution in [-0.4, -0.2) is 25.0 Å². The average Bonchev–Trinajstić information content (AvgIpc) is 2.48. The number of nitrogens with one attached hydrogen (secondary N) is 2. The van der Waals surface area contributed by atoms with Crippen LogP contribution in [0, 0.1) is 5.92 Å². The van der Waals surface area contributed by atoms with Crippen LogP contribution in [0.3, 0.4) is 0 Å². The highest BCUT2D eigenvalue weighted by molar-refractivity contribution is 5.78. The number of rotatable bonds is 4. The van der Waals surface area contributed by atoms with Gasteiger partial charge in [0.15, 0.2) is 0 Å². The Labute approximate surface area is 80.3 Å². The molecule has 1 fully saturated rings. The zero-order valence-electron chi connectivity index (χ0n) is 8.60. The molecule has 0 aromatic carbocycles. The van der Waals surface area contributed by atoms with E-state index in [4.69, 9.17) is 0 Å². The van der Waals surface area contributed by atoms with Crippen LogP contribution in [0.5, 0.6) is 0 Å². The topological polar surface area (TPSA) is 41.1 Å². The zero-order valence-corrected chi connectivity index (χ0v) is 8.60. The van der Waals surface area contributed by atoms with Gasteiger partial charge >= 0.3 is 0 Å². The summed E-state index contributed by atoms with van der Waals surface area (Å²) in [5, 5.41) is 6.06. The molecule has 1 saturated carbocycles. The summed E-state index contributed by atoms with van der Waals surface area (Å²) in [7, 11) is 0. The standard InChI is InChI=1S/C10H20N2O/c1-3-11-7-10(13)12-9-5-4-8(2)6-9/h8-9,11H,3-7H2,1-2H3,(H,12,13). The summed E-state index contributed by atoms with van der Waals surface area (Å²) in [6.07, 6.45) is 3.56. The number of carbonyl (C=O) groups excluding carboxylic acids is 1. The molecule has 0 radical (unpaired) electrons. The van der Waals surface area contributed by atoms with Crippen molar-refractivity contribution in [2.45, 2.75) is 39.2 Å². The zero-order chi connectivity index (χ0) is 9.68. The molecular formula is C10H20N2O. The van der Waals surface area contributed by atoms with E-state index in [1.54, 1.807) is 0 Å². The van der Waals surface area contributed by atoms with E-state index in [-0.39, 0.29) is 5.91 Å². The van der Waals surface area contributed by atoms with Gasteiger partial charge in [-0.2, -0.15) is 0 Å². The molecule has 0 heterocycles. The van der Waals surface area contributed by atoms with E-state index in [1.165, 1.54) is 6.42 Å². The van der Waals surface area contributed by atoms with E-state index in [9.17, 15) is 4.79 Å². The van der Waals surface area contributed by atoms with Gasteiger partial charge in [-0.25, -0.2) is 0 Å². The SMILES string of the molecule is CCNCC(=O)NC1CCC(C)C1. The Kier molecular flexibility index (Phi) is 4.22. The van der Waals surface area contributed by atoms with Gasteiger partial charge in [0.1, 0.15) is 0 Å². The molecular weight excluding hydrogens is 164 g/mol. The van der Waals surface area contributed by atoms with Crippen molar-refractivity contribution in [1.29, 1.82) is 0 Å². The van der Waals surface area contributed by atoms with Crippen LogP contribution in [0.25, 0.3) is 0 Å². The van der Waals surface area contributed by atoms with Crippen molar-refractivity contribution < 1.29 is 4.79 Å². The molecule has 1 aliphatic carbocycles. The summed E-state index contributed by atoms with van der Waals surface area (Å²) in [5.41, 5.74) is 0. The monoisotopic (exact) mass is 184 g/mol. The molecule has 3 nitrogen and oxygen atoms in total. The van der Waals surface area contributed by atoms with E-state index in [0.29, 0.717) is 12.6 Å². The molecule has 0 spiro atoms. The van der Waals surface area contributed by atoms with E-state index >= 15 is 0 Å². The lowest BCUT2D eigenvalue weighted by molar-refractivity contribution is -0.120. The lowest BCUT2D eigenvalue weighted by Crippen LogP contribution is -2.39. The third-order valence-corrected chi connectivity index (χ3v) is 2.60. The molecule has 76 valence electrons. The van der Waals surface area contributed by atoms with Gasteiger partial charge < -0.3 is 10.6 Å². The molecule has 1 aliphatic rings.